The highest BCUT2D eigenvalue weighted by molar-refractivity contribution is 5.96. The summed E-state index contributed by atoms with van der Waals surface area (Å²) in [4.78, 5) is 100. The first-order valence-electron chi connectivity index (χ1n) is 17.1. The summed E-state index contributed by atoms with van der Waals surface area (Å²) in [5.41, 5.74) is 16.3. The Labute approximate surface area is 298 Å². The number of carboxylic acids is 1. The highest BCUT2D eigenvalue weighted by atomic mass is 16.4. The lowest BCUT2D eigenvalue weighted by molar-refractivity contribution is -0.142. The number of carboxylic acid groups (broad SMARTS) is 1. The Morgan fingerprint density at radius 1 is 0.627 bits per heavy atom. The lowest BCUT2D eigenvalue weighted by Gasteiger charge is -2.26. The molecule has 0 unspecified atom stereocenters. The monoisotopic (exact) mass is 729 g/mol. The van der Waals surface area contributed by atoms with Gasteiger partial charge in [-0.25, -0.2) is 4.79 Å². The molecule has 7 amide bonds. The van der Waals surface area contributed by atoms with Crippen LogP contribution < -0.4 is 49.1 Å². The molecule has 51 heavy (non-hydrogen) atoms. The fraction of sp³-hybridized carbons (Fsp3) is 0.750. The summed E-state index contributed by atoms with van der Waals surface area (Å²) in [5, 5.41) is 33.9. The van der Waals surface area contributed by atoms with E-state index >= 15 is 0 Å². The van der Waals surface area contributed by atoms with Gasteiger partial charge in [-0.3, -0.25) is 33.6 Å². The van der Waals surface area contributed by atoms with Crippen LogP contribution in [0.2, 0.25) is 0 Å². The summed E-state index contributed by atoms with van der Waals surface area (Å²) in [7, 11) is 0. The predicted octanol–water partition coefficient (Wildman–Crippen LogP) is -3.17. The zero-order chi connectivity index (χ0) is 39.4. The van der Waals surface area contributed by atoms with Crippen molar-refractivity contribution in [3.05, 3.63) is 0 Å². The van der Waals surface area contributed by atoms with E-state index in [9.17, 15) is 48.6 Å². The van der Waals surface area contributed by atoms with Gasteiger partial charge in [0.25, 0.3) is 0 Å². The standard InChI is InChI=1S/C32H59N9O10/c1-16(2)13-22(40-27(45)18(5)37-31(49)26(35)19(6)42)28(46)36-15-25(44)38-20(9-7-8-12-33)29(47)41-23(14-17(3)4)30(48)39-21(32(50)51)10-11-24(34)43/h16-23,26,42H,7-15,33,35H2,1-6H3,(H2,34,43)(H,36,46)(H,37,49)(H,38,44)(H,39,48)(H,40,45)(H,41,47)(H,50,51)/t18-,19+,20-,21-,22-,23-,26-/m0/s1. The van der Waals surface area contributed by atoms with Crippen molar-refractivity contribution in [3.8, 4) is 0 Å². The van der Waals surface area contributed by atoms with Crippen LogP contribution in [0.4, 0.5) is 0 Å². The van der Waals surface area contributed by atoms with E-state index in [-0.39, 0.29) is 43.9 Å². The Kier molecular flexibility index (Phi) is 21.9. The van der Waals surface area contributed by atoms with Gasteiger partial charge in [0, 0.05) is 6.42 Å². The van der Waals surface area contributed by atoms with Gasteiger partial charge in [-0.1, -0.05) is 27.7 Å². The fourth-order valence-electron chi connectivity index (χ4n) is 4.68. The molecule has 0 aliphatic heterocycles. The molecule has 19 nitrogen and oxygen atoms in total. The number of amides is 7. The second-order valence-electron chi connectivity index (χ2n) is 13.4. The minimum absolute atomic E-state index is 0.0658. The molecule has 0 saturated heterocycles. The van der Waals surface area contributed by atoms with Crippen molar-refractivity contribution in [1.29, 1.82) is 0 Å². The second-order valence-corrected chi connectivity index (χ2v) is 13.4. The van der Waals surface area contributed by atoms with Gasteiger partial charge in [0.2, 0.25) is 41.4 Å². The van der Waals surface area contributed by atoms with E-state index in [1.54, 1.807) is 13.8 Å². The number of aliphatic hydroxyl groups excluding tert-OH is 1. The number of rotatable bonds is 25. The van der Waals surface area contributed by atoms with Crippen LogP contribution in [0.5, 0.6) is 0 Å². The van der Waals surface area contributed by atoms with Crippen molar-refractivity contribution in [2.24, 2.45) is 29.0 Å². The summed E-state index contributed by atoms with van der Waals surface area (Å²) in [6.07, 6.45) is -0.314. The van der Waals surface area contributed by atoms with Gasteiger partial charge in [-0.05, 0) is 70.8 Å². The van der Waals surface area contributed by atoms with Crippen LogP contribution in [-0.4, -0.2) is 113 Å². The summed E-state index contributed by atoms with van der Waals surface area (Å²) in [5.74, 6) is -6.76. The molecule has 19 heteroatoms. The molecule has 0 aliphatic rings. The van der Waals surface area contributed by atoms with Gasteiger partial charge in [-0.2, -0.15) is 0 Å². The van der Waals surface area contributed by atoms with Gasteiger partial charge in [0.05, 0.1) is 12.6 Å². The number of hydrogen-bond acceptors (Lipinski definition) is 11. The normalized spacial score (nSPS) is 15.3. The van der Waals surface area contributed by atoms with Crippen LogP contribution >= 0.6 is 0 Å². The molecule has 0 aromatic carbocycles. The topological polar surface area (TPSA) is 327 Å². The Bertz CT molecular complexity index is 1200. The molecule has 14 N–H and O–H groups in total. The van der Waals surface area contributed by atoms with Crippen LogP contribution in [0.15, 0.2) is 0 Å². The Hall–Kier alpha value is -4.36. The SMILES string of the molecule is CC(C)C[C@H](NC(=O)[C@H](C)NC(=O)[C@@H](N)[C@@H](C)O)C(=O)NCC(=O)N[C@@H](CCCCN)C(=O)N[C@@H](CC(C)C)C(=O)N[C@@H](CCC(N)=O)C(=O)O. The predicted molar refractivity (Wildman–Crippen MR) is 186 cm³/mol. The van der Waals surface area contributed by atoms with E-state index < -0.39 is 96.2 Å². The van der Waals surface area contributed by atoms with Crippen molar-refractivity contribution in [1.82, 2.24) is 31.9 Å². The molecule has 292 valence electrons. The molecule has 0 spiro atoms. The minimum Gasteiger partial charge on any atom is -0.480 e. The molecule has 0 heterocycles. The average molecular weight is 730 g/mol. The quantitative estimate of drug-likeness (QED) is 0.0415. The van der Waals surface area contributed by atoms with Gasteiger partial charge in [0.1, 0.15) is 36.3 Å². The first kappa shape index (κ1) is 46.6. The molecule has 0 radical (unpaired) electrons. The van der Waals surface area contributed by atoms with Gasteiger partial charge >= 0.3 is 5.97 Å². The maximum Gasteiger partial charge on any atom is 0.326 e. The van der Waals surface area contributed by atoms with E-state index in [0.717, 1.165) is 0 Å². The number of carbonyl (C=O) groups is 8. The summed E-state index contributed by atoms with van der Waals surface area (Å²) in [6.45, 7) is 9.64. The smallest absolute Gasteiger partial charge is 0.326 e. The first-order chi connectivity index (χ1) is 23.7. The Morgan fingerprint density at radius 3 is 1.63 bits per heavy atom. The number of nitrogens with two attached hydrogens (primary N) is 3. The lowest BCUT2D eigenvalue weighted by Crippen LogP contribution is -2.58. The van der Waals surface area contributed by atoms with Crippen molar-refractivity contribution in [2.45, 2.75) is 129 Å². The van der Waals surface area contributed by atoms with Crippen LogP contribution in [0.1, 0.15) is 86.5 Å². The zero-order valence-corrected chi connectivity index (χ0v) is 30.5. The van der Waals surface area contributed by atoms with Crippen molar-refractivity contribution < 1.29 is 48.6 Å². The maximum absolute atomic E-state index is 13.4. The summed E-state index contributed by atoms with van der Waals surface area (Å²) >= 11 is 0. The summed E-state index contributed by atoms with van der Waals surface area (Å²) in [6, 6.07) is -7.23. The number of primary amides is 1. The number of aliphatic hydroxyl groups is 1. The number of unbranched alkanes of at least 4 members (excludes halogenated alkanes) is 1. The van der Waals surface area contributed by atoms with Crippen LogP contribution in [-0.2, 0) is 38.4 Å². The van der Waals surface area contributed by atoms with E-state index in [4.69, 9.17) is 17.2 Å². The molecule has 0 aromatic heterocycles. The number of nitrogens with one attached hydrogen (secondary N) is 6. The molecule has 0 saturated carbocycles. The van der Waals surface area contributed by atoms with E-state index in [2.05, 4.69) is 31.9 Å². The maximum atomic E-state index is 13.4. The van der Waals surface area contributed by atoms with Gasteiger partial charge in [-0.15, -0.1) is 0 Å². The summed E-state index contributed by atoms with van der Waals surface area (Å²) < 4.78 is 0. The van der Waals surface area contributed by atoms with E-state index in [0.29, 0.717) is 19.4 Å². The molecule has 0 bridgehead atoms. The highest BCUT2D eigenvalue weighted by Crippen LogP contribution is 2.10. The first-order valence-corrected chi connectivity index (χ1v) is 17.1. The molecule has 0 aromatic rings. The number of hydrogen-bond donors (Lipinski definition) is 11. The molecular weight excluding hydrogens is 670 g/mol. The third kappa shape index (κ3) is 19.6. The fourth-order valence-corrected chi connectivity index (χ4v) is 4.68. The van der Waals surface area contributed by atoms with Crippen LogP contribution in [0.3, 0.4) is 0 Å². The van der Waals surface area contributed by atoms with Crippen molar-refractivity contribution in [3.63, 3.8) is 0 Å². The van der Waals surface area contributed by atoms with Gasteiger partial charge < -0.3 is 59.3 Å². The van der Waals surface area contributed by atoms with Crippen molar-refractivity contribution in [2.75, 3.05) is 13.1 Å². The van der Waals surface area contributed by atoms with E-state index in [1.807, 2.05) is 13.8 Å². The third-order valence-electron chi connectivity index (χ3n) is 7.57. The molecule has 0 fully saturated rings. The molecule has 7 atom stereocenters. The second kappa shape index (κ2) is 23.9. The average Bonchev–Trinajstić information content (AvgIpc) is 3.02. The van der Waals surface area contributed by atoms with E-state index in [1.165, 1.54) is 13.8 Å². The largest absolute Gasteiger partial charge is 0.480 e. The lowest BCUT2D eigenvalue weighted by atomic mass is 10.0. The Morgan fingerprint density at radius 2 is 1.14 bits per heavy atom. The van der Waals surface area contributed by atoms with Crippen molar-refractivity contribution >= 4 is 47.3 Å². The molecular formula is C32H59N9O10. The van der Waals surface area contributed by atoms with Crippen LogP contribution in [0.25, 0.3) is 0 Å². The highest BCUT2D eigenvalue weighted by Gasteiger charge is 2.31. The molecule has 0 rings (SSSR count). The van der Waals surface area contributed by atoms with Gasteiger partial charge in [0.15, 0.2) is 0 Å². The molecule has 0 aliphatic carbocycles. The minimum atomic E-state index is -1.43. The Balaban J connectivity index is 5.68. The van der Waals surface area contributed by atoms with Crippen LogP contribution in [0, 0.1) is 11.8 Å². The third-order valence-corrected chi connectivity index (χ3v) is 7.57. The zero-order valence-electron chi connectivity index (χ0n) is 30.5. The number of carbonyl (C=O) groups excluding carboxylic acids is 7. The number of aliphatic carboxylic acids is 1.